The predicted octanol–water partition coefficient (Wildman–Crippen LogP) is 4.35. The maximum Gasteiger partial charge on any atom is 0.243 e. The van der Waals surface area contributed by atoms with Crippen LogP contribution in [0.3, 0.4) is 0 Å². The summed E-state index contributed by atoms with van der Waals surface area (Å²) in [5.74, 6) is 2.68. The van der Waals surface area contributed by atoms with E-state index in [2.05, 4.69) is 15.5 Å². The van der Waals surface area contributed by atoms with Gasteiger partial charge in [-0.15, -0.1) is 11.8 Å². The quantitative estimate of drug-likeness (QED) is 0.667. The average Bonchev–Trinajstić information content (AvgIpc) is 2.96. The van der Waals surface area contributed by atoms with Crippen molar-refractivity contribution in [1.29, 1.82) is 0 Å². The molecule has 0 spiro atoms. The number of thioether (sulfide) groups is 1. The number of carbonyl (C=O) groups excluding carboxylic acids is 1. The minimum Gasteiger partial charge on any atom is -0.437 e. The highest BCUT2D eigenvalue weighted by Crippen LogP contribution is 2.27. The summed E-state index contributed by atoms with van der Waals surface area (Å²) in [4.78, 5) is 16.5. The zero-order chi connectivity index (χ0) is 18.4. The van der Waals surface area contributed by atoms with Crippen LogP contribution in [-0.4, -0.2) is 21.8 Å². The van der Waals surface area contributed by atoms with Crippen LogP contribution in [0.4, 0.5) is 5.69 Å². The Kier molecular flexibility index (Phi) is 5.91. The van der Waals surface area contributed by atoms with Gasteiger partial charge < -0.3 is 14.6 Å². The first-order chi connectivity index (χ1) is 12.6. The number of ether oxygens (including phenoxy) is 1. The molecule has 0 fully saturated rings. The van der Waals surface area contributed by atoms with Crippen LogP contribution >= 0.6 is 11.8 Å². The van der Waals surface area contributed by atoms with Gasteiger partial charge in [0.15, 0.2) is 0 Å². The van der Waals surface area contributed by atoms with Crippen molar-refractivity contribution < 1.29 is 14.1 Å². The topological polar surface area (TPSA) is 77.3 Å². The molecule has 1 N–H and O–H groups in total. The van der Waals surface area contributed by atoms with Crippen LogP contribution in [0.1, 0.15) is 17.0 Å². The monoisotopic (exact) mass is 369 g/mol. The van der Waals surface area contributed by atoms with Crippen LogP contribution < -0.4 is 10.1 Å². The SMILES string of the molecule is Cc1noc(C)c1CSCC(=O)Nc1cccnc1Oc1ccccc1. The number of para-hydroxylation sites is 1. The maximum atomic E-state index is 12.3. The third-order valence-electron chi connectivity index (χ3n) is 3.66. The number of carbonyl (C=O) groups is 1. The Morgan fingerprint density at radius 3 is 2.73 bits per heavy atom. The van der Waals surface area contributed by atoms with Crippen LogP contribution in [0.5, 0.6) is 11.6 Å². The fourth-order valence-electron chi connectivity index (χ4n) is 2.31. The number of nitrogens with one attached hydrogen (secondary N) is 1. The maximum absolute atomic E-state index is 12.3. The fraction of sp³-hybridized carbons (Fsp3) is 0.211. The molecule has 134 valence electrons. The second-order valence-corrected chi connectivity index (χ2v) is 6.60. The number of anilines is 1. The zero-order valence-electron chi connectivity index (χ0n) is 14.6. The first-order valence-corrected chi connectivity index (χ1v) is 9.26. The Labute approximate surface area is 156 Å². The lowest BCUT2D eigenvalue weighted by Crippen LogP contribution is -2.15. The largest absolute Gasteiger partial charge is 0.437 e. The molecule has 3 aromatic rings. The molecule has 2 aromatic heterocycles. The minimum absolute atomic E-state index is 0.118. The number of hydrogen-bond donors (Lipinski definition) is 1. The van der Waals surface area contributed by atoms with E-state index in [1.165, 1.54) is 11.8 Å². The van der Waals surface area contributed by atoms with Gasteiger partial charge in [-0.3, -0.25) is 4.79 Å². The van der Waals surface area contributed by atoms with Gasteiger partial charge in [-0.2, -0.15) is 0 Å². The van der Waals surface area contributed by atoms with Crippen molar-refractivity contribution in [2.24, 2.45) is 0 Å². The van der Waals surface area contributed by atoms with Crippen molar-refractivity contribution in [3.05, 3.63) is 65.7 Å². The van der Waals surface area contributed by atoms with E-state index < -0.39 is 0 Å². The molecule has 0 bridgehead atoms. The van der Waals surface area contributed by atoms with Crippen molar-refractivity contribution >= 4 is 23.4 Å². The van der Waals surface area contributed by atoms with Crippen molar-refractivity contribution in [1.82, 2.24) is 10.1 Å². The van der Waals surface area contributed by atoms with Gasteiger partial charge in [-0.25, -0.2) is 4.98 Å². The molecule has 0 radical (unpaired) electrons. The first-order valence-electron chi connectivity index (χ1n) is 8.10. The lowest BCUT2D eigenvalue weighted by molar-refractivity contribution is -0.113. The molecule has 0 aliphatic rings. The van der Waals surface area contributed by atoms with Gasteiger partial charge in [-0.1, -0.05) is 23.4 Å². The summed E-state index contributed by atoms with van der Waals surface area (Å²) in [6.07, 6.45) is 1.63. The molecule has 26 heavy (non-hydrogen) atoms. The van der Waals surface area contributed by atoms with Crippen LogP contribution in [0.25, 0.3) is 0 Å². The molecule has 0 aliphatic heterocycles. The molecule has 0 unspecified atom stereocenters. The summed E-state index contributed by atoms with van der Waals surface area (Å²) >= 11 is 1.50. The van der Waals surface area contributed by atoms with Crippen molar-refractivity contribution in [2.75, 3.05) is 11.1 Å². The van der Waals surface area contributed by atoms with E-state index in [1.54, 1.807) is 18.3 Å². The van der Waals surface area contributed by atoms with Gasteiger partial charge in [0.25, 0.3) is 0 Å². The lowest BCUT2D eigenvalue weighted by Gasteiger charge is -2.11. The average molecular weight is 369 g/mol. The molecule has 7 heteroatoms. The first kappa shape index (κ1) is 18.0. The highest BCUT2D eigenvalue weighted by molar-refractivity contribution is 7.99. The van der Waals surface area contributed by atoms with E-state index in [-0.39, 0.29) is 5.91 Å². The van der Waals surface area contributed by atoms with Gasteiger partial charge in [-0.05, 0) is 38.1 Å². The van der Waals surface area contributed by atoms with Gasteiger partial charge in [0.1, 0.15) is 17.2 Å². The Hall–Kier alpha value is -2.80. The highest BCUT2D eigenvalue weighted by atomic mass is 32.2. The van der Waals surface area contributed by atoms with Crippen molar-refractivity contribution in [3.8, 4) is 11.6 Å². The summed E-state index contributed by atoms with van der Waals surface area (Å²) in [5.41, 5.74) is 2.44. The predicted molar refractivity (Wildman–Crippen MR) is 102 cm³/mol. The molecule has 0 saturated heterocycles. The van der Waals surface area contributed by atoms with Gasteiger partial charge in [0.2, 0.25) is 11.8 Å². The van der Waals surface area contributed by atoms with Gasteiger partial charge in [0.05, 0.1) is 11.4 Å². The minimum atomic E-state index is -0.118. The Balaban J connectivity index is 1.57. The number of aryl methyl sites for hydroxylation is 2. The molecular weight excluding hydrogens is 350 g/mol. The molecule has 1 aromatic carbocycles. The summed E-state index contributed by atoms with van der Waals surface area (Å²) in [6.45, 7) is 3.77. The fourth-order valence-corrected chi connectivity index (χ4v) is 3.28. The van der Waals surface area contributed by atoms with E-state index in [0.717, 1.165) is 17.0 Å². The summed E-state index contributed by atoms with van der Waals surface area (Å²) < 4.78 is 10.9. The molecule has 1 amide bonds. The molecule has 0 atom stereocenters. The van der Waals surface area contributed by atoms with Crippen molar-refractivity contribution in [2.45, 2.75) is 19.6 Å². The summed E-state index contributed by atoms with van der Waals surface area (Å²) in [7, 11) is 0. The molecule has 2 heterocycles. The molecular formula is C19H19N3O3S. The lowest BCUT2D eigenvalue weighted by atomic mass is 10.2. The summed E-state index contributed by atoms with van der Waals surface area (Å²) in [5, 5.41) is 6.77. The second-order valence-electron chi connectivity index (χ2n) is 5.61. The molecule has 6 nitrogen and oxygen atoms in total. The van der Waals surface area contributed by atoms with E-state index in [0.29, 0.717) is 28.8 Å². The zero-order valence-corrected chi connectivity index (χ0v) is 15.4. The van der Waals surface area contributed by atoms with Crippen molar-refractivity contribution in [3.63, 3.8) is 0 Å². The third-order valence-corrected chi connectivity index (χ3v) is 4.62. The number of aromatic nitrogens is 2. The number of amides is 1. The van der Waals surface area contributed by atoms with Gasteiger partial charge >= 0.3 is 0 Å². The standard InChI is InChI=1S/C19H19N3O3S/c1-13-16(14(2)25-22-13)11-26-12-18(23)21-17-9-6-10-20-19(17)24-15-7-4-3-5-8-15/h3-10H,11-12H2,1-2H3,(H,21,23). The van der Waals surface area contributed by atoms with Crippen LogP contribution in [0.2, 0.25) is 0 Å². The smallest absolute Gasteiger partial charge is 0.243 e. The Bertz CT molecular complexity index is 861. The molecule has 3 rings (SSSR count). The van der Waals surface area contributed by atoms with E-state index in [1.807, 2.05) is 44.2 Å². The summed E-state index contributed by atoms with van der Waals surface area (Å²) in [6, 6.07) is 12.8. The Morgan fingerprint density at radius 2 is 2.00 bits per heavy atom. The van der Waals surface area contributed by atoms with Crippen LogP contribution in [-0.2, 0) is 10.5 Å². The number of nitrogens with zero attached hydrogens (tertiary/aromatic N) is 2. The highest BCUT2D eigenvalue weighted by Gasteiger charge is 2.12. The van der Waals surface area contributed by atoms with Gasteiger partial charge in [0, 0.05) is 17.5 Å². The van der Waals surface area contributed by atoms with Crippen LogP contribution in [0, 0.1) is 13.8 Å². The third kappa shape index (κ3) is 4.64. The number of hydrogen-bond acceptors (Lipinski definition) is 6. The second kappa shape index (κ2) is 8.53. The molecule has 0 saturated carbocycles. The van der Waals surface area contributed by atoms with E-state index >= 15 is 0 Å². The number of pyridine rings is 1. The number of benzene rings is 1. The number of rotatable bonds is 7. The van der Waals surface area contributed by atoms with E-state index in [4.69, 9.17) is 9.26 Å². The van der Waals surface area contributed by atoms with E-state index in [9.17, 15) is 4.79 Å². The van der Waals surface area contributed by atoms with Crippen LogP contribution in [0.15, 0.2) is 53.2 Å². The molecule has 0 aliphatic carbocycles. The Morgan fingerprint density at radius 1 is 1.19 bits per heavy atom. The normalized spacial score (nSPS) is 10.5.